The first kappa shape index (κ1) is 21.7. The van der Waals surface area contributed by atoms with Gasteiger partial charge < -0.3 is 15.2 Å². The first-order valence-corrected chi connectivity index (χ1v) is 10.3. The van der Waals surface area contributed by atoms with Crippen molar-refractivity contribution in [2.45, 2.75) is 12.8 Å². The van der Waals surface area contributed by atoms with Gasteiger partial charge in [-0.3, -0.25) is 0 Å². The lowest BCUT2D eigenvalue weighted by Gasteiger charge is -2.10. The molecule has 0 spiro atoms. The number of nitrogens with zero attached hydrogens (tertiary/aromatic N) is 3. The minimum Gasteiger partial charge on any atom is -0.508 e. The summed E-state index contributed by atoms with van der Waals surface area (Å²) in [4.78, 5) is 25.3. The third-order valence-corrected chi connectivity index (χ3v) is 4.68. The Morgan fingerprint density at radius 2 is 1.55 bits per heavy atom. The Morgan fingerprint density at radius 3 is 2.21 bits per heavy atom. The molecule has 0 amide bonds. The van der Waals surface area contributed by atoms with Crippen LogP contribution in [0.3, 0.4) is 0 Å². The van der Waals surface area contributed by atoms with E-state index in [0.29, 0.717) is 36.2 Å². The van der Waals surface area contributed by atoms with Crippen LogP contribution in [0.15, 0.2) is 91.5 Å². The quantitative estimate of drug-likeness (QED) is 0.236. The minimum absolute atomic E-state index is 0.190. The Morgan fingerprint density at radius 1 is 0.879 bits per heavy atom. The highest BCUT2D eigenvalue weighted by Gasteiger charge is 2.10. The molecule has 0 saturated carbocycles. The van der Waals surface area contributed by atoms with Crippen LogP contribution < -0.4 is 10.1 Å². The number of para-hydroxylation sites is 1. The van der Waals surface area contributed by atoms with E-state index >= 15 is 0 Å². The second-order valence-electron chi connectivity index (χ2n) is 7.28. The van der Waals surface area contributed by atoms with Gasteiger partial charge in [0, 0.05) is 24.6 Å². The maximum absolute atomic E-state index is 11.5. The number of phenols is 1. The lowest BCUT2D eigenvalue weighted by atomic mass is 10.1. The van der Waals surface area contributed by atoms with Gasteiger partial charge in [-0.15, -0.1) is 0 Å². The minimum atomic E-state index is -0.518. The number of hydrogen-bond acceptors (Lipinski definition) is 7. The van der Waals surface area contributed by atoms with Gasteiger partial charge in [-0.25, -0.2) is 9.78 Å². The molecule has 0 fully saturated rings. The summed E-state index contributed by atoms with van der Waals surface area (Å²) in [6.07, 6.45) is 1.97. The summed E-state index contributed by atoms with van der Waals surface area (Å²) in [5, 5.41) is 13.0. The lowest BCUT2D eigenvalue weighted by molar-refractivity contribution is -0.128. The Bertz CT molecular complexity index is 1280. The summed E-state index contributed by atoms with van der Waals surface area (Å²) in [5.74, 6) is 1.65. The van der Waals surface area contributed by atoms with Crippen LogP contribution in [-0.2, 0) is 17.6 Å². The van der Waals surface area contributed by atoms with Crippen molar-refractivity contribution in [2.24, 2.45) is 0 Å². The fourth-order valence-corrected chi connectivity index (χ4v) is 3.24. The van der Waals surface area contributed by atoms with E-state index < -0.39 is 5.97 Å². The first-order valence-electron chi connectivity index (χ1n) is 10.3. The van der Waals surface area contributed by atoms with Gasteiger partial charge in [0.05, 0.1) is 0 Å². The Kier molecular flexibility index (Phi) is 6.70. The summed E-state index contributed by atoms with van der Waals surface area (Å²) in [7, 11) is 0. The van der Waals surface area contributed by atoms with Gasteiger partial charge in [-0.2, -0.15) is 9.97 Å². The normalized spacial score (nSPS) is 10.4. The molecule has 7 heteroatoms. The van der Waals surface area contributed by atoms with E-state index in [0.717, 1.165) is 22.9 Å². The summed E-state index contributed by atoms with van der Waals surface area (Å²) >= 11 is 0. The Hall–Kier alpha value is -4.52. The maximum Gasteiger partial charge on any atom is 0.335 e. The van der Waals surface area contributed by atoms with Gasteiger partial charge in [-0.05, 0) is 47.5 Å². The fourth-order valence-electron chi connectivity index (χ4n) is 3.24. The molecule has 33 heavy (non-hydrogen) atoms. The molecular formula is C26H22N4O3. The smallest absolute Gasteiger partial charge is 0.335 e. The summed E-state index contributed by atoms with van der Waals surface area (Å²) < 4.78 is 5.21. The van der Waals surface area contributed by atoms with Crippen LogP contribution in [-0.4, -0.2) is 26.0 Å². The molecule has 0 saturated heterocycles. The zero-order valence-corrected chi connectivity index (χ0v) is 17.8. The molecule has 0 radical (unpaired) electrons. The number of rotatable bonds is 8. The molecule has 4 aromatic rings. The molecule has 0 atom stereocenters. The van der Waals surface area contributed by atoms with Crippen molar-refractivity contribution < 1.29 is 14.6 Å². The molecule has 4 rings (SSSR count). The van der Waals surface area contributed by atoms with Gasteiger partial charge in [-0.1, -0.05) is 49.0 Å². The highest BCUT2D eigenvalue weighted by atomic mass is 16.5. The third-order valence-electron chi connectivity index (χ3n) is 4.68. The zero-order valence-electron chi connectivity index (χ0n) is 17.8. The lowest BCUT2D eigenvalue weighted by Crippen LogP contribution is -2.09. The van der Waals surface area contributed by atoms with Crippen LogP contribution in [0.25, 0.3) is 0 Å². The van der Waals surface area contributed by atoms with Crippen molar-refractivity contribution in [2.75, 3.05) is 5.32 Å². The Balaban J connectivity index is 1.63. The van der Waals surface area contributed by atoms with Crippen LogP contribution in [0.2, 0.25) is 0 Å². The summed E-state index contributed by atoms with van der Waals surface area (Å²) in [6, 6.07) is 23.8. The van der Waals surface area contributed by atoms with Gasteiger partial charge in [0.2, 0.25) is 5.95 Å². The molecule has 0 bridgehead atoms. The van der Waals surface area contributed by atoms with Crippen molar-refractivity contribution in [3.8, 4) is 11.5 Å². The number of aromatic nitrogens is 3. The van der Waals surface area contributed by atoms with E-state index in [-0.39, 0.29) is 5.75 Å². The standard InChI is InChI=1S/C26H22N4O3/c1-2-25(32)33-22-13-7-9-19(15-22)17-24-28-23(16-18-8-6-12-21(31)14-18)29-26(30-24)27-20-10-4-3-5-11-20/h2-15,31H,1,16-17H2,(H,27,28,29,30). The number of anilines is 2. The van der Waals surface area contributed by atoms with E-state index in [1.54, 1.807) is 36.4 Å². The van der Waals surface area contributed by atoms with E-state index in [4.69, 9.17) is 4.74 Å². The van der Waals surface area contributed by atoms with E-state index in [1.807, 2.05) is 42.5 Å². The molecule has 0 aliphatic rings. The molecule has 0 aliphatic heterocycles. The van der Waals surface area contributed by atoms with E-state index in [9.17, 15) is 9.90 Å². The van der Waals surface area contributed by atoms with Crippen molar-refractivity contribution >= 4 is 17.6 Å². The molecule has 3 aromatic carbocycles. The van der Waals surface area contributed by atoms with Crippen molar-refractivity contribution in [3.63, 3.8) is 0 Å². The van der Waals surface area contributed by atoms with Crippen LogP contribution in [0.4, 0.5) is 11.6 Å². The van der Waals surface area contributed by atoms with Crippen LogP contribution in [0, 0.1) is 0 Å². The summed E-state index contributed by atoms with van der Waals surface area (Å²) in [6.45, 7) is 3.42. The number of nitrogens with one attached hydrogen (secondary N) is 1. The van der Waals surface area contributed by atoms with E-state index in [2.05, 4.69) is 26.8 Å². The van der Waals surface area contributed by atoms with Crippen LogP contribution in [0.5, 0.6) is 11.5 Å². The van der Waals surface area contributed by atoms with Gasteiger partial charge in [0.15, 0.2) is 0 Å². The van der Waals surface area contributed by atoms with Crippen molar-refractivity contribution in [3.05, 3.63) is 114 Å². The van der Waals surface area contributed by atoms with E-state index in [1.165, 1.54) is 0 Å². The fraction of sp³-hybridized carbons (Fsp3) is 0.0769. The average Bonchev–Trinajstić information content (AvgIpc) is 2.80. The topological polar surface area (TPSA) is 97.2 Å². The number of benzene rings is 3. The van der Waals surface area contributed by atoms with Crippen LogP contribution >= 0.6 is 0 Å². The number of aromatic hydroxyl groups is 1. The molecule has 1 aromatic heterocycles. The second-order valence-corrected chi connectivity index (χ2v) is 7.28. The number of carbonyl (C=O) groups is 1. The number of phenolic OH excluding ortho intramolecular Hbond substituents is 1. The van der Waals surface area contributed by atoms with Crippen molar-refractivity contribution in [1.82, 2.24) is 15.0 Å². The van der Waals surface area contributed by atoms with Gasteiger partial charge in [0.1, 0.15) is 23.1 Å². The predicted molar refractivity (Wildman–Crippen MR) is 126 cm³/mol. The molecule has 7 nitrogen and oxygen atoms in total. The number of carbonyl (C=O) groups excluding carboxylic acids is 1. The molecule has 0 unspecified atom stereocenters. The number of esters is 1. The van der Waals surface area contributed by atoms with Gasteiger partial charge in [0.25, 0.3) is 0 Å². The highest BCUT2D eigenvalue weighted by molar-refractivity contribution is 5.83. The monoisotopic (exact) mass is 438 g/mol. The molecular weight excluding hydrogens is 416 g/mol. The van der Waals surface area contributed by atoms with Crippen LogP contribution in [0.1, 0.15) is 22.8 Å². The van der Waals surface area contributed by atoms with Gasteiger partial charge >= 0.3 is 5.97 Å². The highest BCUT2D eigenvalue weighted by Crippen LogP contribution is 2.19. The second kappa shape index (κ2) is 10.2. The third kappa shape index (κ3) is 6.24. The largest absolute Gasteiger partial charge is 0.508 e. The SMILES string of the molecule is C=CC(=O)Oc1cccc(Cc2nc(Cc3cccc(O)c3)nc(Nc3ccccc3)n2)c1. The molecule has 164 valence electrons. The average molecular weight is 438 g/mol. The predicted octanol–water partition coefficient (Wildman–Crippen LogP) is 4.59. The summed E-state index contributed by atoms with van der Waals surface area (Å²) in [5.41, 5.74) is 2.62. The maximum atomic E-state index is 11.5. The molecule has 0 aliphatic carbocycles. The molecule has 2 N–H and O–H groups in total. The zero-order chi connectivity index (χ0) is 23.0. The van der Waals surface area contributed by atoms with Crippen molar-refractivity contribution in [1.29, 1.82) is 0 Å². The Labute approximate surface area is 191 Å². The molecule has 1 heterocycles. The first-order chi connectivity index (χ1) is 16.1. The number of ether oxygens (including phenoxy) is 1. The number of hydrogen-bond donors (Lipinski definition) is 2.